The number of hydrogen-bond acceptors (Lipinski definition) is 1. The van der Waals surface area contributed by atoms with Gasteiger partial charge in [-0.1, -0.05) is 103 Å². The van der Waals surface area contributed by atoms with Crippen molar-refractivity contribution in [3.63, 3.8) is 0 Å². The van der Waals surface area contributed by atoms with Crippen molar-refractivity contribution in [3.8, 4) is 0 Å². The van der Waals surface area contributed by atoms with E-state index >= 15 is 0 Å². The molecule has 1 nitrogen and oxygen atoms in total. The van der Waals surface area contributed by atoms with E-state index in [2.05, 4.69) is 20.4 Å². The maximum atomic E-state index is 5.71. The summed E-state index contributed by atoms with van der Waals surface area (Å²) in [6.07, 6.45) is 23.0. The Morgan fingerprint density at radius 2 is 1.13 bits per heavy atom. The Morgan fingerprint density at radius 1 is 0.696 bits per heavy atom. The first-order chi connectivity index (χ1) is 11.3. The molecule has 1 atom stereocenters. The first-order valence-corrected chi connectivity index (χ1v) is 10.5. The van der Waals surface area contributed by atoms with Crippen LogP contribution in [0.15, 0.2) is 12.7 Å². The fraction of sp³-hybridized carbons (Fsp3) is 0.909. The second-order valence-corrected chi connectivity index (χ2v) is 7.08. The molecule has 0 aromatic carbocycles. The molecule has 138 valence electrons. The molecule has 0 aromatic heterocycles. The Kier molecular flexibility index (Phi) is 19.5. The third kappa shape index (κ3) is 17.9. The van der Waals surface area contributed by atoms with Crippen LogP contribution < -0.4 is 0 Å². The van der Waals surface area contributed by atoms with Crippen molar-refractivity contribution >= 4 is 0 Å². The summed E-state index contributed by atoms with van der Waals surface area (Å²) in [6.45, 7) is 10.1. The van der Waals surface area contributed by atoms with E-state index in [0.717, 1.165) is 19.6 Å². The molecule has 0 bridgehead atoms. The number of hydrogen-bond donors (Lipinski definition) is 0. The standard InChI is InChI=1S/C22H44O/c1-4-7-8-9-10-11-12-13-14-15-16-17-18-19-20-23-21-22(5-2)6-3/h5,22H,2,4,6-21H2,1,3H3. The smallest absolute Gasteiger partial charge is 0.0528 e. The summed E-state index contributed by atoms with van der Waals surface area (Å²) in [5, 5.41) is 0. The first kappa shape index (κ1) is 22.7. The molecule has 0 fully saturated rings. The second-order valence-electron chi connectivity index (χ2n) is 7.08. The summed E-state index contributed by atoms with van der Waals surface area (Å²) in [7, 11) is 0. The molecule has 0 saturated carbocycles. The van der Waals surface area contributed by atoms with Crippen molar-refractivity contribution in [2.24, 2.45) is 5.92 Å². The summed E-state index contributed by atoms with van der Waals surface area (Å²) >= 11 is 0. The number of unbranched alkanes of at least 4 members (excludes halogenated alkanes) is 13. The van der Waals surface area contributed by atoms with Crippen molar-refractivity contribution in [1.29, 1.82) is 0 Å². The van der Waals surface area contributed by atoms with Crippen LogP contribution in [-0.2, 0) is 4.74 Å². The van der Waals surface area contributed by atoms with E-state index in [1.54, 1.807) is 0 Å². The maximum absolute atomic E-state index is 5.71. The van der Waals surface area contributed by atoms with Gasteiger partial charge in [-0.15, -0.1) is 6.58 Å². The van der Waals surface area contributed by atoms with Crippen molar-refractivity contribution in [2.75, 3.05) is 13.2 Å². The lowest BCUT2D eigenvalue weighted by atomic mass is 10.0. The zero-order valence-corrected chi connectivity index (χ0v) is 16.3. The summed E-state index contributed by atoms with van der Waals surface area (Å²) < 4.78 is 5.71. The van der Waals surface area contributed by atoms with Crippen LogP contribution in [0.5, 0.6) is 0 Å². The predicted octanol–water partition coefficient (Wildman–Crippen LogP) is 7.70. The zero-order chi connectivity index (χ0) is 17.0. The van der Waals surface area contributed by atoms with Crippen LogP contribution in [0.2, 0.25) is 0 Å². The minimum Gasteiger partial charge on any atom is -0.381 e. The van der Waals surface area contributed by atoms with Crippen LogP contribution in [0.25, 0.3) is 0 Å². The van der Waals surface area contributed by atoms with Gasteiger partial charge in [-0.3, -0.25) is 0 Å². The molecule has 0 saturated heterocycles. The zero-order valence-electron chi connectivity index (χ0n) is 16.3. The van der Waals surface area contributed by atoms with E-state index in [1.807, 2.05) is 6.08 Å². The molecule has 23 heavy (non-hydrogen) atoms. The van der Waals surface area contributed by atoms with E-state index in [0.29, 0.717) is 5.92 Å². The van der Waals surface area contributed by atoms with E-state index in [9.17, 15) is 0 Å². The van der Waals surface area contributed by atoms with Crippen molar-refractivity contribution < 1.29 is 4.74 Å². The van der Waals surface area contributed by atoms with E-state index in [4.69, 9.17) is 4.74 Å². The molecule has 0 aliphatic rings. The molecule has 0 radical (unpaired) electrons. The molecule has 0 rings (SSSR count). The average molecular weight is 325 g/mol. The average Bonchev–Trinajstić information content (AvgIpc) is 2.58. The van der Waals surface area contributed by atoms with Gasteiger partial charge in [0.2, 0.25) is 0 Å². The van der Waals surface area contributed by atoms with Gasteiger partial charge >= 0.3 is 0 Å². The minimum atomic E-state index is 0.543. The summed E-state index contributed by atoms with van der Waals surface area (Å²) in [5.74, 6) is 0.543. The molecule has 0 aliphatic carbocycles. The quantitative estimate of drug-likeness (QED) is 0.175. The third-order valence-corrected chi connectivity index (χ3v) is 4.83. The molecule has 0 aliphatic heterocycles. The normalized spacial score (nSPS) is 12.4. The Morgan fingerprint density at radius 3 is 1.52 bits per heavy atom. The predicted molar refractivity (Wildman–Crippen MR) is 105 cm³/mol. The number of ether oxygens (including phenoxy) is 1. The van der Waals surface area contributed by atoms with Crippen LogP contribution >= 0.6 is 0 Å². The molecular formula is C22H44O. The molecule has 0 heterocycles. The van der Waals surface area contributed by atoms with Crippen LogP contribution in [-0.4, -0.2) is 13.2 Å². The van der Waals surface area contributed by atoms with E-state index < -0.39 is 0 Å². The van der Waals surface area contributed by atoms with Crippen LogP contribution in [0.4, 0.5) is 0 Å². The van der Waals surface area contributed by atoms with Crippen LogP contribution in [0.3, 0.4) is 0 Å². The van der Waals surface area contributed by atoms with Crippen molar-refractivity contribution in [2.45, 2.75) is 110 Å². The number of rotatable bonds is 19. The van der Waals surface area contributed by atoms with Crippen molar-refractivity contribution in [3.05, 3.63) is 12.7 Å². The highest BCUT2D eigenvalue weighted by molar-refractivity contribution is 4.77. The largest absolute Gasteiger partial charge is 0.381 e. The molecule has 1 heteroatoms. The van der Waals surface area contributed by atoms with Gasteiger partial charge in [0.1, 0.15) is 0 Å². The van der Waals surface area contributed by atoms with Crippen LogP contribution in [0, 0.1) is 5.92 Å². The topological polar surface area (TPSA) is 9.23 Å². The van der Waals surface area contributed by atoms with Gasteiger partial charge in [0.15, 0.2) is 0 Å². The highest BCUT2D eigenvalue weighted by Crippen LogP contribution is 2.13. The van der Waals surface area contributed by atoms with Gasteiger partial charge in [-0.2, -0.15) is 0 Å². The van der Waals surface area contributed by atoms with E-state index in [-0.39, 0.29) is 0 Å². The van der Waals surface area contributed by atoms with Gasteiger partial charge < -0.3 is 4.74 Å². The Labute approximate surface area is 147 Å². The Balaban J connectivity index is 3.04. The lowest BCUT2D eigenvalue weighted by Crippen LogP contribution is -2.06. The summed E-state index contributed by atoms with van der Waals surface area (Å²) in [4.78, 5) is 0. The Bertz CT molecular complexity index is 224. The second kappa shape index (κ2) is 19.7. The Hall–Kier alpha value is -0.300. The van der Waals surface area contributed by atoms with Gasteiger partial charge in [0.05, 0.1) is 6.61 Å². The monoisotopic (exact) mass is 324 g/mol. The maximum Gasteiger partial charge on any atom is 0.0528 e. The lowest BCUT2D eigenvalue weighted by molar-refractivity contribution is 0.108. The molecule has 0 amide bonds. The lowest BCUT2D eigenvalue weighted by Gasteiger charge is -2.10. The van der Waals surface area contributed by atoms with Crippen molar-refractivity contribution in [1.82, 2.24) is 0 Å². The molecule has 0 aromatic rings. The molecule has 1 unspecified atom stereocenters. The fourth-order valence-electron chi connectivity index (χ4n) is 2.99. The van der Waals surface area contributed by atoms with Crippen LogP contribution in [0.1, 0.15) is 110 Å². The minimum absolute atomic E-state index is 0.543. The van der Waals surface area contributed by atoms with Gasteiger partial charge in [-0.05, 0) is 18.8 Å². The first-order valence-electron chi connectivity index (χ1n) is 10.5. The van der Waals surface area contributed by atoms with Gasteiger partial charge in [-0.25, -0.2) is 0 Å². The van der Waals surface area contributed by atoms with Gasteiger partial charge in [0, 0.05) is 6.61 Å². The van der Waals surface area contributed by atoms with Gasteiger partial charge in [0.25, 0.3) is 0 Å². The summed E-state index contributed by atoms with van der Waals surface area (Å²) in [5.41, 5.74) is 0. The highest BCUT2D eigenvalue weighted by Gasteiger charge is 2.00. The molecule has 0 N–H and O–H groups in total. The SMILES string of the molecule is C=CC(CC)COCCCCCCCCCCCCCCCC. The third-order valence-electron chi connectivity index (χ3n) is 4.83. The fourth-order valence-corrected chi connectivity index (χ4v) is 2.99. The molecule has 0 spiro atoms. The summed E-state index contributed by atoms with van der Waals surface area (Å²) in [6, 6.07) is 0. The van der Waals surface area contributed by atoms with E-state index in [1.165, 1.54) is 89.9 Å². The highest BCUT2D eigenvalue weighted by atomic mass is 16.5. The molecular weight excluding hydrogens is 280 g/mol.